The lowest BCUT2D eigenvalue weighted by Gasteiger charge is -2.38. The van der Waals surface area contributed by atoms with Gasteiger partial charge in [-0.3, -0.25) is 25.0 Å². The normalized spacial score (nSPS) is 22.6. The molecule has 156 valence electrons. The van der Waals surface area contributed by atoms with Gasteiger partial charge in [0.05, 0.1) is 11.5 Å². The van der Waals surface area contributed by atoms with Crippen molar-refractivity contribution in [3.8, 4) is 0 Å². The molecule has 2 aliphatic heterocycles. The Hall–Kier alpha value is -3.01. The second-order valence-electron chi connectivity index (χ2n) is 6.89. The summed E-state index contributed by atoms with van der Waals surface area (Å²) in [5, 5.41) is 13.7. The van der Waals surface area contributed by atoms with Gasteiger partial charge in [-0.1, -0.05) is 19.1 Å². The fourth-order valence-electron chi connectivity index (χ4n) is 3.53. The standard InChI is InChI=1S/C19H25N5O5/c1-3-22-9-11-23(12-10-22)19-20-16(13-5-7-14(8-6-13)24(27)28)15(17(25)21-19)18(26)29-4-2/h5-8,15-16H,3-4,9-12H2,1-2H3,(H,20,21,25). The number of ether oxygens (including phenoxy) is 1. The maximum Gasteiger partial charge on any atom is 0.321 e. The van der Waals surface area contributed by atoms with Crippen molar-refractivity contribution in [2.24, 2.45) is 10.9 Å². The van der Waals surface area contributed by atoms with Crippen LogP contribution in [0.15, 0.2) is 29.3 Å². The fraction of sp³-hybridized carbons (Fsp3) is 0.526. The lowest BCUT2D eigenvalue weighted by atomic mass is 9.91. The van der Waals surface area contributed by atoms with E-state index in [2.05, 4.69) is 22.1 Å². The van der Waals surface area contributed by atoms with Gasteiger partial charge in [-0.25, -0.2) is 4.99 Å². The van der Waals surface area contributed by atoms with E-state index in [1.165, 1.54) is 24.3 Å². The van der Waals surface area contributed by atoms with Crippen molar-refractivity contribution in [1.82, 2.24) is 15.1 Å². The van der Waals surface area contributed by atoms with Gasteiger partial charge in [-0.05, 0) is 19.0 Å². The number of nitro benzene ring substituents is 1. The minimum atomic E-state index is -1.14. The SMILES string of the molecule is CCOC(=O)C1C(=O)NC(N2CCN(CC)CC2)=NC1c1ccc([N+](=O)[O-])cc1. The molecule has 3 rings (SSSR count). The van der Waals surface area contributed by atoms with E-state index in [0.717, 1.165) is 19.6 Å². The third-order valence-corrected chi connectivity index (χ3v) is 5.20. The molecule has 1 N–H and O–H groups in total. The Morgan fingerprint density at radius 2 is 1.90 bits per heavy atom. The van der Waals surface area contributed by atoms with E-state index in [0.29, 0.717) is 24.6 Å². The number of nitrogens with one attached hydrogen (secondary N) is 1. The van der Waals surface area contributed by atoms with Crippen LogP contribution in [0.3, 0.4) is 0 Å². The predicted octanol–water partition coefficient (Wildman–Crippen LogP) is 0.939. The average molecular weight is 403 g/mol. The molecular weight excluding hydrogens is 378 g/mol. The highest BCUT2D eigenvalue weighted by Crippen LogP contribution is 2.32. The van der Waals surface area contributed by atoms with E-state index in [4.69, 9.17) is 4.74 Å². The minimum Gasteiger partial charge on any atom is -0.465 e. The summed E-state index contributed by atoms with van der Waals surface area (Å²) in [4.78, 5) is 44.6. The number of carbonyl (C=O) groups excluding carboxylic acids is 2. The molecule has 2 unspecified atom stereocenters. The Morgan fingerprint density at radius 1 is 1.24 bits per heavy atom. The molecule has 1 aromatic rings. The number of piperazine rings is 1. The second-order valence-corrected chi connectivity index (χ2v) is 6.89. The summed E-state index contributed by atoms with van der Waals surface area (Å²) in [7, 11) is 0. The summed E-state index contributed by atoms with van der Waals surface area (Å²) in [6.45, 7) is 8.01. The molecular formula is C19H25N5O5. The smallest absolute Gasteiger partial charge is 0.321 e. The van der Waals surface area contributed by atoms with E-state index >= 15 is 0 Å². The van der Waals surface area contributed by atoms with Crippen LogP contribution in [0.25, 0.3) is 0 Å². The van der Waals surface area contributed by atoms with Crippen molar-refractivity contribution >= 4 is 23.5 Å². The Morgan fingerprint density at radius 3 is 2.45 bits per heavy atom. The molecule has 0 bridgehead atoms. The lowest BCUT2D eigenvalue weighted by Crippen LogP contribution is -2.57. The van der Waals surface area contributed by atoms with Crippen LogP contribution in [-0.4, -0.2) is 71.9 Å². The quantitative estimate of drug-likeness (QED) is 0.336. The third kappa shape index (κ3) is 4.53. The summed E-state index contributed by atoms with van der Waals surface area (Å²) >= 11 is 0. The Kier molecular flexibility index (Phi) is 6.42. The van der Waals surface area contributed by atoms with Crippen molar-refractivity contribution < 1.29 is 19.2 Å². The van der Waals surface area contributed by atoms with Gasteiger partial charge in [0.25, 0.3) is 5.69 Å². The Labute approximate surface area is 168 Å². The van der Waals surface area contributed by atoms with Crippen LogP contribution in [0, 0.1) is 16.0 Å². The predicted molar refractivity (Wildman–Crippen MR) is 105 cm³/mol. The molecule has 0 aromatic heterocycles. The number of amides is 1. The molecule has 1 fully saturated rings. The first-order valence-electron chi connectivity index (χ1n) is 9.71. The number of hydrogen-bond acceptors (Lipinski definition) is 8. The molecule has 29 heavy (non-hydrogen) atoms. The Bertz CT molecular complexity index is 802. The van der Waals surface area contributed by atoms with Crippen LogP contribution in [-0.2, 0) is 14.3 Å². The first kappa shape index (κ1) is 20.7. The monoisotopic (exact) mass is 403 g/mol. The van der Waals surface area contributed by atoms with Crippen LogP contribution >= 0.6 is 0 Å². The van der Waals surface area contributed by atoms with Crippen LogP contribution in [0.5, 0.6) is 0 Å². The van der Waals surface area contributed by atoms with Gasteiger partial charge in [-0.2, -0.15) is 0 Å². The highest BCUT2D eigenvalue weighted by molar-refractivity contribution is 6.08. The number of rotatable bonds is 5. The number of nitrogens with zero attached hydrogens (tertiary/aromatic N) is 4. The lowest BCUT2D eigenvalue weighted by molar-refractivity contribution is -0.384. The molecule has 2 heterocycles. The number of likely N-dealkylation sites (N-methyl/N-ethyl adjacent to an activating group) is 1. The van der Waals surface area contributed by atoms with Crippen molar-refractivity contribution in [1.29, 1.82) is 0 Å². The largest absolute Gasteiger partial charge is 0.465 e. The molecule has 1 saturated heterocycles. The van der Waals surface area contributed by atoms with Crippen LogP contribution in [0.4, 0.5) is 5.69 Å². The molecule has 0 radical (unpaired) electrons. The van der Waals surface area contributed by atoms with Crippen molar-refractivity contribution in [3.05, 3.63) is 39.9 Å². The first-order chi connectivity index (χ1) is 13.9. The van der Waals surface area contributed by atoms with Crippen LogP contribution < -0.4 is 5.32 Å². The molecule has 0 spiro atoms. The van der Waals surface area contributed by atoms with E-state index in [-0.39, 0.29) is 12.3 Å². The van der Waals surface area contributed by atoms with Gasteiger partial charge < -0.3 is 14.5 Å². The van der Waals surface area contributed by atoms with Crippen molar-refractivity contribution in [2.75, 3.05) is 39.3 Å². The highest BCUT2D eigenvalue weighted by Gasteiger charge is 2.42. The molecule has 2 aliphatic rings. The number of nitro groups is 1. The zero-order valence-corrected chi connectivity index (χ0v) is 16.5. The summed E-state index contributed by atoms with van der Waals surface area (Å²) in [6, 6.07) is 4.95. The number of benzene rings is 1. The maximum atomic E-state index is 12.8. The molecule has 10 heteroatoms. The number of guanidine groups is 1. The number of aliphatic imine (C=N–C) groups is 1. The Balaban J connectivity index is 1.92. The first-order valence-corrected chi connectivity index (χ1v) is 9.71. The van der Waals surface area contributed by atoms with Gasteiger partial charge in [0.2, 0.25) is 11.9 Å². The van der Waals surface area contributed by atoms with Gasteiger partial charge in [-0.15, -0.1) is 0 Å². The summed E-state index contributed by atoms with van der Waals surface area (Å²) in [5.41, 5.74) is 0.481. The number of esters is 1. The molecule has 0 aliphatic carbocycles. The average Bonchev–Trinajstić information content (AvgIpc) is 2.73. The van der Waals surface area contributed by atoms with E-state index in [1.807, 2.05) is 4.90 Å². The molecule has 1 aromatic carbocycles. The molecule has 2 atom stereocenters. The molecule has 1 amide bonds. The summed E-state index contributed by atoms with van der Waals surface area (Å²) in [5.74, 6) is -1.85. The van der Waals surface area contributed by atoms with Gasteiger partial charge >= 0.3 is 5.97 Å². The zero-order valence-electron chi connectivity index (χ0n) is 16.5. The molecule has 10 nitrogen and oxygen atoms in total. The van der Waals surface area contributed by atoms with Gasteiger partial charge in [0, 0.05) is 38.3 Å². The van der Waals surface area contributed by atoms with E-state index < -0.39 is 28.8 Å². The van der Waals surface area contributed by atoms with Crippen LogP contribution in [0.2, 0.25) is 0 Å². The number of carbonyl (C=O) groups is 2. The minimum absolute atomic E-state index is 0.0680. The third-order valence-electron chi connectivity index (χ3n) is 5.20. The van der Waals surface area contributed by atoms with E-state index in [1.54, 1.807) is 6.92 Å². The van der Waals surface area contributed by atoms with Gasteiger partial charge in [0.15, 0.2) is 5.92 Å². The number of non-ortho nitro benzene ring substituents is 1. The van der Waals surface area contributed by atoms with E-state index in [9.17, 15) is 19.7 Å². The van der Waals surface area contributed by atoms with Gasteiger partial charge in [0.1, 0.15) is 6.04 Å². The maximum absolute atomic E-state index is 12.8. The van der Waals surface area contributed by atoms with Crippen LogP contribution in [0.1, 0.15) is 25.5 Å². The molecule has 0 saturated carbocycles. The second kappa shape index (κ2) is 8.99. The fourth-order valence-corrected chi connectivity index (χ4v) is 3.53. The van der Waals surface area contributed by atoms with Crippen molar-refractivity contribution in [3.63, 3.8) is 0 Å². The highest BCUT2D eigenvalue weighted by atomic mass is 16.6. The number of hydrogen-bond donors (Lipinski definition) is 1. The van der Waals surface area contributed by atoms with Crippen molar-refractivity contribution in [2.45, 2.75) is 19.9 Å². The summed E-state index contributed by atoms with van der Waals surface area (Å²) in [6.07, 6.45) is 0. The topological polar surface area (TPSA) is 117 Å². The summed E-state index contributed by atoms with van der Waals surface area (Å²) < 4.78 is 5.08. The zero-order chi connectivity index (χ0) is 21.0.